The molecule has 4 N–H and O–H groups in total. The Hall–Kier alpha value is -2.27. The average Bonchev–Trinajstić information content (AvgIpc) is 3.31. The number of rotatable bonds is 7. The number of likely N-dealkylation sites (tertiary alicyclic amines) is 1. The highest BCUT2D eigenvalue weighted by atomic mass is 32.2. The fourth-order valence-electron chi connectivity index (χ4n) is 3.71. The van der Waals surface area contributed by atoms with Crippen molar-refractivity contribution in [2.45, 2.75) is 106 Å². The number of piperidine rings is 2. The highest BCUT2D eigenvalue weighted by Crippen LogP contribution is 2.11. The minimum absolute atomic E-state index is 0. The van der Waals surface area contributed by atoms with Crippen LogP contribution in [0.2, 0.25) is 0 Å². The molecule has 11 heteroatoms. The number of nitrogens with one attached hydrogen (secondary N) is 2. The van der Waals surface area contributed by atoms with Crippen LogP contribution in [-0.2, 0) is 30.6 Å². The lowest BCUT2D eigenvalue weighted by Gasteiger charge is -2.26. The number of amides is 3. The number of H-pyrrole nitrogens is 1. The maximum Gasteiger partial charge on any atom is 0.226 e. The highest BCUT2D eigenvalue weighted by Gasteiger charge is 2.20. The number of imide groups is 1. The number of sulfone groups is 1. The quantitative estimate of drug-likeness (QED) is 0.418. The largest absolute Gasteiger partial charge is 0.348 e. The van der Waals surface area contributed by atoms with E-state index in [0.29, 0.717) is 31.1 Å². The molecule has 2 aliphatic heterocycles. The van der Waals surface area contributed by atoms with Gasteiger partial charge in [0, 0.05) is 56.5 Å². The third kappa shape index (κ3) is 23.3. The van der Waals surface area contributed by atoms with Crippen LogP contribution in [0.4, 0.5) is 0 Å². The van der Waals surface area contributed by atoms with Gasteiger partial charge in [0.25, 0.3) is 0 Å². The van der Waals surface area contributed by atoms with Crippen molar-refractivity contribution in [3.63, 3.8) is 0 Å². The normalized spacial score (nSPS) is 16.3. The summed E-state index contributed by atoms with van der Waals surface area (Å²) in [4.78, 5) is 41.4. The summed E-state index contributed by atoms with van der Waals surface area (Å²) in [5, 5.41) is 2.23. The number of imidazole rings is 1. The summed E-state index contributed by atoms with van der Waals surface area (Å²) < 4.78 is 21.0. The Labute approximate surface area is 237 Å². The third-order valence-corrected chi connectivity index (χ3v) is 6.62. The summed E-state index contributed by atoms with van der Waals surface area (Å²) in [5.41, 5.74) is 6.56. The van der Waals surface area contributed by atoms with Gasteiger partial charge in [-0.05, 0) is 57.3 Å². The molecule has 0 radical (unpaired) electrons. The molecule has 0 aliphatic carbocycles. The van der Waals surface area contributed by atoms with E-state index in [4.69, 9.17) is 5.73 Å². The van der Waals surface area contributed by atoms with E-state index in [-0.39, 0.29) is 37.0 Å². The van der Waals surface area contributed by atoms with Crippen LogP contribution in [0.3, 0.4) is 0 Å². The molecule has 3 heterocycles. The average molecular weight is 574 g/mol. The fraction of sp³-hybridized carbons (Fsp3) is 0.786. The molecule has 0 unspecified atom stereocenters. The summed E-state index contributed by atoms with van der Waals surface area (Å²) in [6, 6.07) is -0.0141. The van der Waals surface area contributed by atoms with Crippen LogP contribution in [0, 0.1) is 11.8 Å². The summed E-state index contributed by atoms with van der Waals surface area (Å²) in [6.45, 7) is 12.1. The van der Waals surface area contributed by atoms with Crippen molar-refractivity contribution in [2.75, 3.05) is 25.1 Å². The van der Waals surface area contributed by atoms with Crippen LogP contribution in [-0.4, -0.2) is 72.1 Å². The van der Waals surface area contributed by atoms with Gasteiger partial charge in [0.1, 0.15) is 9.84 Å². The number of nitrogens with two attached hydrogens (primary N) is 1. The Kier molecular flexibility index (Phi) is 21.5. The summed E-state index contributed by atoms with van der Waals surface area (Å²) in [6.07, 6.45) is 12.9. The second-order valence-electron chi connectivity index (χ2n) is 10.7. The van der Waals surface area contributed by atoms with Gasteiger partial charge in [0.05, 0.1) is 12.1 Å². The van der Waals surface area contributed by atoms with E-state index in [2.05, 4.69) is 36.1 Å². The Morgan fingerprint density at radius 2 is 1.69 bits per heavy atom. The van der Waals surface area contributed by atoms with Gasteiger partial charge in [0.2, 0.25) is 17.7 Å². The van der Waals surface area contributed by atoms with Crippen molar-refractivity contribution < 1.29 is 22.8 Å². The molecule has 1 atom stereocenters. The zero-order valence-corrected chi connectivity index (χ0v) is 25.1. The van der Waals surface area contributed by atoms with Crippen molar-refractivity contribution in [1.82, 2.24) is 20.2 Å². The van der Waals surface area contributed by atoms with E-state index < -0.39 is 9.84 Å². The van der Waals surface area contributed by atoms with Gasteiger partial charge in [-0.15, -0.1) is 0 Å². The molecule has 2 saturated heterocycles. The molecular weight excluding hydrogens is 518 g/mol. The maximum absolute atomic E-state index is 11.3. The number of aromatic amines is 1. The number of carbonyl (C=O) groups is 3. The lowest BCUT2D eigenvalue weighted by molar-refractivity contribution is -0.135. The molecule has 3 amide bonds. The molecule has 0 spiro atoms. The number of nitrogens with zero attached hydrogens (tertiary/aromatic N) is 2. The first kappa shape index (κ1) is 38.9. The third-order valence-electron chi connectivity index (χ3n) is 5.65. The Balaban J connectivity index is 0. The second kappa shape index (κ2) is 21.5. The highest BCUT2D eigenvalue weighted by molar-refractivity contribution is 7.90. The fourth-order valence-corrected chi connectivity index (χ4v) is 4.51. The molecule has 228 valence electrons. The molecule has 1 aromatic rings. The van der Waals surface area contributed by atoms with E-state index in [1.54, 1.807) is 13.3 Å². The molecular formula is C28H55N5O5S. The monoisotopic (exact) mass is 573 g/mol. The van der Waals surface area contributed by atoms with Gasteiger partial charge in [-0.2, -0.15) is 0 Å². The number of hydrogen-bond donors (Lipinski definition) is 3. The van der Waals surface area contributed by atoms with Crippen LogP contribution in [0.15, 0.2) is 12.5 Å². The first-order valence-corrected chi connectivity index (χ1v) is 15.8. The van der Waals surface area contributed by atoms with Gasteiger partial charge < -0.3 is 15.6 Å². The van der Waals surface area contributed by atoms with E-state index in [1.807, 2.05) is 18.0 Å². The summed E-state index contributed by atoms with van der Waals surface area (Å²) in [7, 11) is -2.80. The molecule has 2 fully saturated rings. The molecule has 0 saturated carbocycles. The standard InChI is InChI=1S/C9H17NO.C7H12N2.C6H9NO2.C5H13NO2S.CH4/c1-2-6-9(11)10-7-4-3-5-8-10;1-6(2)3-7-4-8-5-9-7;1-4-2-5(8)7-6(9)3-4;1-5(6)3-4-9(2,7)8;/h2-8H2,1H3;4-6H,3H2,1-2H3,(H,8,9);4H,2-3H2,1H3,(H,7,8,9);5H,3-4,6H2,1-2H3;1H4/t;;;5-;/m...0./s1. The Bertz CT molecular complexity index is 879. The van der Waals surface area contributed by atoms with E-state index >= 15 is 0 Å². The molecule has 3 rings (SSSR count). The topological polar surface area (TPSA) is 155 Å². The van der Waals surface area contributed by atoms with Crippen molar-refractivity contribution in [3.8, 4) is 0 Å². The van der Waals surface area contributed by atoms with Crippen LogP contribution < -0.4 is 11.1 Å². The lowest BCUT2D eigenvalue weighted by Crippen LogP contribution is -2.37. The molecule has 1 aromatic heterocycles. The molecule has 0 aromatic carbocycles. The first-order chi connectivity index (χ1) is 17.7. The van der Waals surface area contributed by atoms with Gasteiger partial charge in [-0.1, -0.05) is 35.1 Å². The number of hydrogen-bond acceptors (Lipinski definition) is 7. The second-order valence-corrected chi connectivity index (χ2v) is 13.0. The van der Waals surface area contributed by atoms with Crippen LogP contribution in [0.25, 0.3) is 0 Å². The van der Waals surface area contributed by atoms with Crippen LogP contribution >= 0.6 is 0 Å². The SMILES string of the molecule is C.CC(C)Cc1cnc[nH]1.CC1CC(=O)NC(=O)C1.CCCC(=O)N1CCCCC1.C[C@H](N)CCS(C)(=O)=O. The van der Waals surface area contributed by atoms with Crippen LogP contribution in [0.1, 0.15) is 99.1 Å². The minimum atomic E-state index is -2.80. The zero-order valence-electron chi connectivity index (χ0n) is 24.3. The number of carbonyl (C=O) groups excluding carboxylic acids is 3. The van der Waals surface area contributed by atoms with Crippen LogP contribution in [0.5, 0.6) is 0 Å². The van der Waals surface area contributed by atoms with Crippen molar-refractivity contribution in [2.24, 2.45) is 17.6 Å². The van der Waals surface area contributed by atoms with E-state index in [9.17, 15) is 22.8 Å². The summed E-state index contributed by atoms with van der Waals surface area (Å²) >= 11 is 0. The first-order valence-electron chi connectivity index (χ1n) is 13.7. The van der Waals surface area contributed by atoms with Crippen molar-refractivity contribution in [3.05, 3.63) is 18.2 Å². The molecule has 0 bridgehead atoms. The Morgan fingerprint density at radius 3 is 2.05 bits per heavy atom. The van der Waals surface area contributed by atoms with Gasteiger partial charge in [-0.3, -0.25) is 19.7 Å². The lowest BCUT2D eigenvalue weighted by atomic mass is 10.00. The van der Waals surface area contributed by atoms with E-state index in [1.165, 1.54) is 31.2 Å². The Morgan fingerprint density at radius 1 is 1.13 bits per heavy atom. The molecule has 2 aliphatic rings. The predicted molar refractivity (Wildman–Crippen MR) is 159 cm³/mol. The van der Waals surface area contributed by atoms with Gasteiger partial charge in [-0.25, -0.2) is 13.4 Å². The van der Waals surface area contributed by atoms with Gasteiger partial charge in [0.15, 0.2) is 0 Å². The smallest absolute Gasteiger partial charge is 0.226 e. The number of aromatic nitrogens is 2. The zero-order chi connectivity index (χ0) is 29.1. The molecule has 10 nitrogen and oxygen atoms in total. The summed E-state index contributed by atoms with van der Waals surface area (Å²) in [5.74, 6) is 1.21. The van der Waals surface area contributed by atoms with Crippen molar-refractivity contribution >= 4 is 27.6 Å². The van der Waals surface area contributed by atoms with Crippen molar-refractivity contribution in [1.29, 1.82) is 0 Å². The minimum Gasteiger partial charge on any atom is -0.348 e. The predicted octanol–water partition coefficient (Wildman–Crippen LogP) is 3.87. The van der Waals surface area contributed by atoms with Gasteiger partial charge >= 0.3 is 0 Å². The molecule has 39 heavy (non-hydrogen) atoms. The maximum atomic E-state index is 11.3. The van der Waals surface area contributed by atoms with E-state index in [0.717, 1.165) is 32.4 Å².